The molecule has 0 bridgehead atoms. The topological polar surface area (TPSA) is 57.6 Å². The third kappa shape index (κ3) is 3.50. The molecule has 1 aliphatic heterocycles. The number of carboxylic acid groups (broad SMARTS) is 1. The lowest BCUT2D eigenvalue weighted by atomic mass is 9.82. The second kappa shape index (κ2) is 6.94. The maximum atomic E-state index is 13.2. The van der Waals surface area contributed by atoms with Gasteiger partial charge in [-0.2, -0.15) is 0 Å². The van der Waals surface area contributed by atoms with Gasteiger partial charge in [-0.1, -0.05) is 75.4 Å². The minimum Gasteiger partial charge on any atom is -0.480 e. The van der Waals surface area contributed by atoms with E-state index in [2.05, 4.69) is 0 Å². The molecule has 0 saturated heterocycles. The molecule has 2 aromatic rings. The van der Waals surface area contributed by atoms with Crippen molar-refractivity contribution in [3.8, 4) is 0 Å². The van der Waals surface area contributed by atoms with Gasteiger partial charge in [0.2, 0.25) is 5.91 Å². The van der Waals surface area contributed by atoms with Gasteiger partial charge in [0.25, 0.3) is 0 Å². The van der Waals surface area contributed by atoms with E-state index >= 15 is 0 Å². The van der Waals surface area contributed by atoms with Gasteiger partial charge in [-0.25, -0.2) is 4.79 Å². The van der Waals surface area contributed by atoms with Crippen molar-refractivity contribution < 1.29 is 14.7 Å². The summed E-state index contributed by atoms with van der Waals surface area (Å²) in [4.78, 5) is 26.8. The third-order valence-electron chi connectivity index (χ3n) is 4.93. The number of fused-ring (bicyclic) bond motifs is 1. The first-order chi connectivity index (χ1) is 12.3. The first-order valence-electron chi connectivity index (χ1n) is 8.96. The van der Waals surface area contributed by atoms with Crippen LogP contribution in [-0.2, 0) is 22.4 Å². The number of aliphatic carboxylic acids is 1. The first-order valence-corrected chi connectivity index (χ1v) is 8.96. The fourth-order valence-electron chi connectivity index (χ4n) is 3.64. The van der Waals surface area contributed by atoms with Crippen LogP contribution in [0.4, 0.5) is 0 Å². The van der Waals surface area contributed by atoms with Gasteiger partial charge in [0.1, 0.15) is 6.04 Å². The Kier molecular flexibility index (Phi) is 4.86. The van der Waals surface area contributed by atoms with E-state index in [0.29, 0.717) is 12.8 Å². The van der Waals surface area contributed by atoms with E-state index < -0.39 is 17.4 Å². The Hall–Kier alpha value is -2.62. The van der Waals surface area contributed by atoms with Crippen LogP contribution in [0, 0.1) is 5.41 Å². The number of benzene rings is 2. The highest BCUT2D eigenvalue weighted by atomic mass is 16.4. The highest BCUT2D eigenvalue weighted by Gasteiger charge is 2.43. The van der Waals surface area contributed by atoms with Crippen LogP contribution in [0.2, 0.25) is 0 Å². The SMILES string of the molecule is CC(C)(C)C(=O)N1[C@H](C(=O)O)Cc2ccccc2[C@@H]1Cc1ccccc1. The number of carboxylic acids is 1. The molecule has 2 atom stereocenters. The predicted octanol–water partition coefficient (Wildman–Crippen LogP) is 3.85. The molecule has 4 nitrogen and oxygen atoms in total. The summed E-state index contributed by atoms with van der Waals surface area (Å²) in [7, 11) is 0. The molecule has 0 unspecified atom stereocenters. The van der Waals surface area contributed by atoms with Crippen LogP contribution >= 0.6 is 0 Å². The predicted molar refractivity (Wildman–Crippen MR) is 101 cm³/mol. The van der Waals surface area contributed by atoms with E-state index in [-0.39, 0.29) is 11.9 Å². The standard InChI is InChI=1S/C22H25NO3/c1-22(2,3)21(26)23-18(13-15-9-5-4-6-10-15)17-12-8-7-11-16(17)14-19(23)20(24)25/h4-12,18-19H,13-14H2,1-3H3,(H,24,25)/t18-,19-/m0/s1. The zero-order valence-electron chi connectivity index (χ0n) is 15.5. The van der Waals surface area contributed by atoms with Gasteiger partial charge in [-0.15, -0.1) is 0 Å². The summed E-state index contributed by atoms with van der Waals surface area (Å²) in [5.74, 6) is -1.07. The Bertz CT molecular complexity index is 808. The maximum absolute atomic E-state index is 13.2. The minimum absolute atomic E-state index is 0.125. The van der Waals surface area contributed by atoms with Gasteiger partial charge in [0, 0.05) is 11.8 Å². The lowest BCUT2D eigenvalue weighted by Crippen LogP contribution is -2.54. The van der Waals surface area contributed by atoms with Gasteiger partial charge in [0.05, 0.1) is 6.04 Å². The largest absolute Gasteiger partial charge is 0.480 e. The van der Waals surface area contributed by atoms with E-state index in [4.69, 9.17) is 0 Å². The number of hydrogen-bond donors (Lipinski definition) is 1. The van der Waals surface area contributed by atoms with Crippen molar-refractivity contribution in [1.29, 1.82) is 0 Å². The quantitative estimate of drug-likeness (QED) is 0.914. The van der Waals surface area contributed by atoms with Crippen LogP contribution < -0.4 is 0 Å². The summed E-state index contributed by atoms with van der Waals surface area (Å²) in [5, 5.41) is 9.84. The molecule has 26 heavy (non-hydrogen) atoms. The number of nitrogens with zero attached hydrogens (tertiary/aromatic N) is 1. The van der Waals surface area contributed by atoms with Crippen LogP contribution in [0.3, 0.4) is 0 Å². The minimum atomic E-state index is -0.949. The Balaban J connectivity index is 2.11. The summed E-state index contributed by atoms with van der Waals surface area (Å²) in [6.45, 7) is 5.52. The number of amides is 1. The smallest absolute Gasteiger partial charge is 0.326 e. The summed E-state index contributed by atoms with van der Waals surface area (Å²) in [6.07, 6.45) is 0.946. The first kappa shape index (κ1) is 18.2. The number of carbonyl (C=O) groups excluding carboxylic acids is 1. The van der Waals surface area contributed by atoms with E-state index in [1.165, 1.54) is 0 Å². The maximum Gasteiger partial charge on any atom is 0.326 e. The van der Waals surface area contributed by atoms with Crippen LogP contribution in [-0.4, -0.2) is 27.9 Å². The molecule has 0 saturated carbocycles. The Labute approximate surface area is 154 Å². The third-order valence-corrected chi connectivity index (χ3v) is 4.93. The van der Waals surface area contributed by atoms with Crippen molar-refractivity contribution >= 4 is 11.9 Å². The molecular formula is C22H25NO3. The lowest BCUT2D eigenvalue weighted by molar-refractivity contribution is -0.157. The van der Waals surface area contributed by atoms with E-state index in [1.807, 2.05) is 75.4 Å². The number of rotatable bonds is 3. The van der Waals surface area contributed by atoms with Crippen LogP contribution in [0.5, 0.6) is 0 Å². The van der Waals surface area contributed by atoms with E-state index in [1.54, 1.807) is 4.90 Å². The Morgan fingerprint density at radius 3 is 2.27 bits per heavy atom. The van der Waals surface area contributed by atoms with Crippen LogP contribution in [0.25, 0.3) is 0 Å². The van der Waals surface area contributed by atoms with Crippen molar-refractivity contribution in [2.75, 3.05) is 0 Å². The molecule has 2 aromatic carbocycles. The molecule has 3 rings (SSSR count). The van der Waals surface area contributed by atoms with Crippen molar-refractivity contribution in [1.82, 2.24) is 4.90 Å². The van der Waals surface area contributed by atoms with E-state index in [9.17, 15) is 14.7 Å². The average Bonchev–Trinajstić information content (AvgIpc) is 2.61. The molecule has 1 amide bonds. The van der Waals surface area contributed by atoms with Gasteiger partial charge in [-0.05, 0) is 23.1 Å². The van der Waals surface area contributed by atoms with E-state index in [0.717, 1.165) is 16.7 Å². The van der Waals surface area contributed by atoms with Crippen molar-refractivity contribution in [2.45, 2.75) is 45.7 Å². The Morgan fingerprint density at radius 1 is 1.04 bits per heavy atom. The lowest BCUT2D eigenvalue weighted by Gasteiger charge is -2.44. The average molecular weight is 351 g/mol. The summed E-state index contributed by atoms with van der Waals surface area (Å²) < 4.78 is 0. The van der Waals surface area contributed by atoms with Crippen LogP contribution in [0.15, 0.2) is 54.6 Å². The fraction of sp³-hybridized carbons (Fsp3) is 0.364. The highest BCUT2D eigenvalue weighted by Crippen LogP contribution is 2.38. The molecule has 1 heterocycles. The normalized spacial score (nSPS) is 19.7. The zero-order valence-corrected chi connectivity index (χ0v) is 15.5. The molecule has 0 aromatic heterocycles. The van der Waals surface area contributed by atoms with Gasteiger partial charge < -0.3 is 10.0 Å². The summed E-state index contributed by atoms with van der Waals surface area (Å²) >= 11 is 0. The second-order valence-electron chi connectivity index (χ2n) is 7.92. The summed E-state index contributed by atoms with van der Waals surface area (Å²) in [5.41, 5.74) is 2.50. The summed E-state index contributed by atoms with van der Waals surface area (Å²) in [6, 6.07) is 16.7. The molecule has 1 N–H and O–H groups in total. The fourth-order valence-corrected chi connectivity index (χ4v) is 3.64. The zero-order chi connectivity index (χ0) is 18.9. The molecular weight excluding hydrogens is 326 g/mol. The van der Waals surface area contributed by atoms with Gasteiger partial charge in [-0.3, -0.25) is 4.79 Å². The monoisotopic (exact) mass is 351 g/mol. The Morgan fingerprint density at radius 2 is 1.65 bits per heavy atom. The number of carbonyl (C=O) groups is 2. The highest BCUT2D eigenvalue weighted by molar-refractivity contribution is 5.88. The van der Waals surface area contributed by atoms with Crippen molar-refractivity contribution in [3.05, 3.63) is 71.3 Å². The van der Waals surface area contributed by atoms with Gasteiger partial charge >= 0.3 is 5.97 Å². The van der Waals surface area contributed by atoms with Gasteiger partial charge in [0.15, 0.2) is 0 Å². The molecule has 4 heteroatoms. The molecule has 0 fully saturated rings. The molecule has 0 radical (unpaired) electrons. The molecule has 0 spiro atoms. The number of hydrogen-bond acceptors (Lipinski definition) is 2. The molecule has 0 aliphatic carbocycles. The second-order valence-corrected chi connectivity index (χ2v) is 7.92. The van der Waals surface area contributed by atoms with Crippen LogP contribution in [0.1, 0.15) is 43.5 Å². The van der Waals surface area contributed by atoms with Crippen molar-refractivity contribution in [2.24, 2.45) is 5.41 Å². The molecule has 136 valence electrons. The van der Waals surface area contributed by atoms with Crippen molar-refractivity contribution in [3.63, 3.8) is 0 Å². The molecule has 1 aliphatic rings.